The molecule has 1 saturated heterocycles. The molecule has 1 fully saturated rings. The lowest BCUT2D eigenvalue weighted by Crippen LogP contribution is -1.94. The van der Waals surface area contributed by atoms with E-state index in [1.807, 2.05) is 0 Å². The number of aliphatic hydroxyl groups excluding tert-OH is 1. The molecule has 2 nitrogen and oxygen atoms in total. The van der Waals surface area contributed by atoms with E-state index in [1.54, 1.807) is 0 Å². The zero-order valence-electron chi connectivity index (χ0n) is 7.03. The highest BCUT2D eigenvalue weighted by atomic mass is 16.6. The van der Waals surface area contributed by atoms with Crippen LogP contribution in [0.3, 0.4) is 0 Å². The number of hydrogen-bond acceptors (Lipinski definition) is 2. The van der Waals surface area contributed by atoms with Gasteiger partial charge in [-0.1, -0.05) is 29.8 Å². The summed E-state index contributed by atoms with van der Waals surface area (Å²) in [6, 6.07) is 8.22. The predicted octanol–water partition coefficient (Wildman–Crippen LogP) is 1.43. The van der Waals surface area contributed by atoms with Gasteiger partial charge in [-0.3, -0.25) is 0 Å². The second-order valence-electron chi connectivity index (χ2n) is 3.19. The number of aliphatic hydroxyl groups is 1. The van der Waals surface area contributed by atoms with Crippen LogP contribution in [0.1, 0.15) is 17.2 Å². The van der Waals surface area contributed by atoms with Crippen molar-refractivity contribution in [2.75, 3.05) is 6.61 Å². The molecule has 0 radical (unpaired) electrons. The molecule has 1 aliphatic rings. The fourth-order valence-electron chi connectivity index (χ4n) is 1.33. The van der Waals surface area contributed by atoms with Gasteiger partial charge in [-0.15, -0.1) is 0 Å². The second-order valence-corrected chi connectivity index (χ2v) is 3.19. The van der Waals surface area contributed by atoms with Crippen LogP contribution in [0.4, 0.5) is 0 Å². The molecule has 1 aliphatic heterocycles. The Hall–Kier alpha value is -0.860. The first-order valence-corrected chi connectivity index (χ1v) is 4.14. The molecule has 0 spiro atoms. The first-order chi connectivity index (χ1) is 5.81. The van der Waals surface area contributed by atoms with Crippen molar-refractivity contribution in [1.29, 1.82) is 0 Å². The summed E-state index contributed by atoms with van der Waals surface area (Å²) in [5, 5.41) is 8.77. The molecule has 2 heteroatoms. The van der Waals surface area contributed by atoms with Crippen LogP contribution in [0.15, 0.2) is 24.3 Å². The van der Waals surface area contributed by atoms with Crippen LogP contribution in [0.25, 0.3) is 0 Å². The van der Waals surface area contributed by atoms with Gasteiger partial charge in [-0.2, -0.15) is 0 Å². The topological polar surface area (TPSA) is 32.8 Å². The second kappa shape index (κ2) is 2.88. The third kappa shape index (κ3) is 1.36. The summed E-state index contributed by atoms with van der Waals surface area (Å²) in [7, 11) is 0. The third-order valence-corrected chi connectivity index (χ3v) is 2.17. The maximum absolute atomic E-state index is 8.77. The van der Waals surface area contributed by atoms with Crippen LogP contribution in [0, 0.1) is 6.92 Å². The van der Waals surface area contributed by atoms with Crippen LogP contribution < -0.4 is 0 Å². The molecule has 0 aliphatic carbocycles. The van der Waals surface area contributed by atoms with Gasteiger partial charge in [0.1, 0.15) is 12.2 Å². The average molecular weight is 164 g/mol. The van der Waals surface area contributed by atoms with Gasteiger partial charge < -0.3 is 9.84 Å². The highest BCUT2D eigenvalue weighted by molar-refractivity contribution is 5.26. The van der Waals surface area contributed by atoms with E-state index in [1.165, 1.54) is 11.1 Å². The Morgan fingerprint density at radius 1 is 1.33 bits per heavy atom. The number of hydrogen-bond donors (Lipinski definition) is 1. The largest absolute Gasteiger partial charge is 0.394 e. The van der Waals surface area contributed by atoms with Crippen LogP contribution in [0.5, 0.6) is 0 Å². The zero-order chi connectivity index (χ0) is 8.55. The van der Waals surface area contributed by atoms with E-state index in [4.69, 9.17) is 9.84 Å². The molecule has 1 aromatic rings. The van der Waals surface area contributed by atoms with E-state index >= 15 is 0 Å². The minimum absolute atomic E-state index is 0.0349. The van der Waals surface area contributed by atoms with Crippen LogP contribution in [-0.2, 0) is 4.74 Å². The highest BCUT2D eigenvalue weighted by Gasteiger charge is 2.39. The Balaban J connectivity index is 2.10. The normalized spacial score (nSPS) is 27.2. The molecular weight excluding hydrogens is 152 g/mol. The van der Waals surface area contributed by atoms with Crippen LogP contribution >= 0.6 is 0 Å². The van der Waals surface area contributed by atoms with Crippen molar-refractivity contribution in [2.45, 2.75) is 19.1 Å². The van der Waals surface area contributed by atoms with Crippen molar-refractivity contribution in [3.63, 3.8) is 0 Å². The Morgan fingerprint density at radius 2 is 2.00 bits per heavy atom. The molecule has 1 N–H and O–H groups in total. The van der Waals surface area contributed by atoms with E-state index in [0.29, 0.717) is 0 Å². The smallest absolute Gasteiger partial charge is 0.112 e. The van der Waals surface area contributed by atoms with Gasteiger partial charge in [0.05, 0.1) is 6.61 Å². The molecule has 0 amide bonds. The molecule has 1 aromatic carbocycles. The van der Waals surface area contributed by atoms with Gasteiger partial charge in [0, 0.05) is 0 Å². The summed E-state index contributed by atoms with van der Waals surface area (Å²) >= 11 is 0. The fourth-order valence-corrected chi connectivity index (χ4v) is 1.33. The summed E-state index contributed by atoms with van der Waals surface area (Å²) in [6.45, 7) is 2.18. The number of ether oxygens (including phenoxy) is 1. The van der Waals surface area contributed by atoms with Gasteiger partial charge >= 0.3 is 0 Å². The van der Waals surface area contributed by atoms with E-state index in [-0.39, 0.29) is 18.8 Å². The van der Waals surface area contributed by atoms with Crippen molar-refractivity contribution in [2.24, 2.45) is 0 Å². The van der Waals surface area contributed by atoms with E-state index in [0.717, 1.165) is 0 Å². The summed E-state index contributed by atoms with van der Waals surface area (Å²) in [6.07, 6.45) is 0.170. The number of rotatable bonds is 2. The minimum Gasteiger partial charge on any atom is -0.394 e. The quantitative estimate of drug-likeness (QED) is 0.671. The first-order valence-electron chi connectivity index (χ1n) is 4.14. The lowest BCUT2D eigenvalue weighted by Gasteiger charge is -1.95. The molecule has 12 heavy (non-hydrogen) atoms. The SMILES string of the molecule is Cc1ccc(C2O[C@H]2CO)cc1. The van der Waals surface area contributed by atoms with Crippen LogP contribution in [-0.4, -0.2) is 17.8 Å². The lowest BCUT2D eigenvalue weighted by molar-refractivity contribution is 0.242. The van der Waals surface area contributed by atoms with Crippen molar-refractivity contribution in [1.82, 2.24) is 0 Å². The molecule has 0 aromatic heterocycles. The zero-order valence-corrected chi connectivity index (χ0v) is 7.03. The number of benzene rings is 1. The molecule has 1 heterocycles. The van der Waals surface area contributed by atoms with Crippen molar-refractivity contribution < 1.29 is 9.84 Å². The maximum atomic E-state index is 8.77. The molecule has 2 rings (SSSR count). The number of epoxide rings is 1. The monoisotopic (exact) mass is 164 g/mol. The van der Waals surface area contributed by atoms with Gasteiger partial charge in [-0.05, 0) is 12.5 Å². The summed E-state index contributed by atoms with van der Waals surface area (Å²) in [5.74, 6) is 0. The van der Waals surface area contributed by atoms with Gasteiger partial charge in [-0.25, -0.2) is 0 Å². The highest BCUT2D eigenvalue weighted by Crippen LogP contribution is 2.37. The molecule has 0 bridgehead atoms. The van der Waals surface area contributed by atoms with Crippen molar-refractivity contribution in [3.05, 3.63) is 35.4 Å². The summed E-state index contributed by atoms with van der Waals surface area (Å²) < 4.78 is 5.24. The Labute approximate surface area is 71.8 Å². The Bertz CT molecular complexity index is 266. The first kappa shape index (κ1) is 7.77. The fraction of sp³-hybridized carbons (Fsp3) is 0.400. The Morgan fingerprint density at radius 3 is 2.50 bits per heavy atom. The maximum Gasteiger partial charge on any atom is 0.112 e. The van der Waals surface area contributed by atoms with Crippen molar-refractivity contribution >= 4 is 0 Å². The standard InChI is InChI=1S/C10H12O2/c1-7-2-4-8(5-3-7)10-9(6-11)12-10/h2-5,9-11H,6H2,1H3/t9-,10?/m0/s1. The molecule has 1 unspecified atom stereocenters. The van der Waals surface area contributed by atoms with Gasteiger partial charge in [0.15, 0.2) is 0 Å². The molecular formula is C10H12O2. The molecule has 64 valence electrons. The van der Waals surface area contributed by atoms with Crippen LogP contribution in [0.2, 0.25) is 0 Å². The molecule has 2 atom stereocenters. The van der Waals surface area contributed by atoms with E-state index < -0.39 is 0 Å². The van der Waals surface area contributed by atoms with E-state index in [9.17, 15) is 0 Å². The number of aryl methyl sites for hydroxylation is 1. The third-order valence-electron chi connectivity index (χ3n) is 2.17. The summed E-state index contributed by atoms with van der Waals surface area (Å²) in [5.41, 5.74) is 2.42. The van der Waals surface area contributed by atoms with Gasteiger partial charge in [0.2, 0.25) is 0 Å². The lowest BCUT2D eigenvalue weighted by atomic mass is 10.1. The predicted molar refractivity (Wildman–Crippen MR) is 45.9 cm³/mol. The summed E-state index contributed by atoms with van der Waals surface area (Å²) in [4.78, 5) is 0. The van der Waals surface area contributed by atoms with E-state index in [2.05, 4.69) is 31.2 Å². The van der Waals surface area contributed by atoms with Gasteiger partial charge in [0.25, 0.3) is 0 Å². The minimum atomic E-state index is 0.0349. The molecule has 0 saturated carbocycles. The average Bonchev–Trinajstić information content (AvgIpc) is 2.85. The van der Waals surface area contributed by atoms with Crippen molar-refractivity contribution in [3.8, 4) is 0 Å². The Kier molecular flexibility index (Phi) is 1.87.